The number of hydrogen-bond donors (Lipinski definition) is 2. The Balaban J connectivity index is 1.45. The summed E-state index contributed by atoms with van der Waals surface area (Å²) >= 11 is 0. The molecule has 178 valence electrons. The van der Waals surface area contributed by atoms with Crippen molar-refractivity contribution in [1.82, 2.24) is 4.90 Å². The molecule has 3 N–H and O–H groups in total. The molecule has 0 bridgehead atoms. The topological polar surface area (TPSA) is 114 Å². The Labute approximate surface area is 199 Å². The van der Waals surface area contributed by atoms with Gasteiger partial charge in [-0.05, 0) is 30.7 Å². The van der Waals surface area contributed by atoms with Crippen LogP contribution in [0.15, 0.2) is 59.8 Å². The van der Waals surface area contributed by atoms with Gasteiger partial charge in [-0.2, -0.15) is 0 Å². The smallest absolute Gasteiger partial charge is 0.254 e. The molecule has 1 unspecified atom stereocenters. The van der Waals surface area contributed by atoms with Gasteiger partial charge in [-0.15, -0.1) is 0 Å². The van der Waals surface area contributed by atoms with Crippen LogP contribution < -0.4 is 11.1 Å². The highest BCUT2D eigenvalue weighted by Gasteiger charge is 2.53. The lowest BCUT2D eigenvalue weighted by molar-refractivity contribution is -0.122. The molecule has 34 heavy (non-hydrogen) atoms. The van der Waals surface area contributed by atoms with Crippen LogP contribution in [-0.4, -0.2) is 46.5 Å². The van der Waals surface area contributed by atoms with Crippen LogP contribution in [0.2, 0.25) is 0 Å². The molecule has 2 heterocycles. The number of primary amides is 1. The van der Waals surface area contributed by atoms with Gasteiger partial charge in [0, 0.05) is 36.1 Å². The molecule has 2 aromatic rings. The standard InChI is InChI=1S/C26H30N4O4/c1-2-3-5-13-23(31)28-20-12-8-11-19(14-20)21-15-26(34-29-21)16-22(24(27)32)30(17-26)25(33)18-9-6-4-7-10-18/h4,6-12,14,22H,2-3,5,13,15-17H2,1H3,(H2,27,32)(H,28,31)/t22-,26?/m1/s1. The Kier molecular flexibility index (Phi) is 6.95. The maximum atomic E-state index is 13.1. The van der Waals surface area contributed by atoms with Crippen molar-refractivity contribution in [3.63, 3.8) is 0 Å². The Hall–Kier alpha value is -3.68. The van der Waals surface area contributed by atoms with Gasteiger partial charge in [-0.1, -0.05) is 55.3 Å². The first-order valence-corrected chi connectivity index (χ1v) is 11.7. The van der Waals surface area contributed by atoms with Crippen molar-refractivity contribution < 1.29 is 19.2 Å². The minimum absolute atomic E-state index is 0.0122. The molecule has 1 fully saturated rings. The average Bonchev–Trinajstić information content (AvgIpc) is 3.43. The van der Waals surface area contributed by atoms with Gasteiger partial charge in [0.1, 0.15) is 6.04 Å². The predicted molar refractivity (Wildman–Crippen MR) is 129 cm³/mol. The Morgan fingerprint density at radius 3 is 2.68 bits per heavy atom. The van der Waals surface area contributed by atoms with Crippen LogP contribution in [0.3, 0.4) is 0 Å². The van der Waals surface area contributed by atoms with Gasteiger partial charge in [0.15, 0.2) is 5.60 Å². The van der Waals surface area contributed by atoms with E-state index >= 15 is 0 Å². The number of unbranched alkanes of at least 4 members (excludes halogenated alkanes) is 2. The molecule has 1 spiro atoms. The summed E-state index contributed by atoms with van der Waals surface area (Å²) in [5, 5.41) is 7.24. The molecule has 8 heteroatoms. The van der Waals surface area contributed by atoms with E-state index < -0.39 is 17.6 Å². The largest absolute Gasteiger partial charge is 0.387 e. The van der Waals surface area contributed by atoms with Gasteiger partial charge in [0.2, 0.25) is 11.8 Å². The molecule has 2 aliphatic heterocycles. The number of carbonyl (C=O) groups excluding carboxylic acids is 3. The monoisotopic (exact) mass is 462 g/mol. The van der Waals surface area contributed by atoms with Crippen molar-refractivity contribution in [3.8, 4) is 0 Å². The van der Waals surface area contributed by atoms with Gasteiger partial charge in [0.25, 0.3) is 5.91 Å². The molecule has 1 saturated heterocycles. The number of nitrogens with zero attached hydrogens (tertiary/aromatic N) is 2. The zero-order valence-corrected chi connectivity index (χ0v) is 19.3. The fourth-order valence-corrected chi connectivity index (χ4v) is 4.57. The summed E-state index contributed by atoms with van der Waals surface area (Å²) in [5.74, 6) is -0.834. The first kappa shape index (κ1) is 23.5. The highest BCUT2D eigenvalue weighted by Crippen LogP contribution is 2.39. The maximum Gasteiger partial charge on any atom is 0.254 e. The minimum Gasteiger partial charge on any atom is -0.387 e. The van der Waals surface area contributed by atoms with E-state index in [0.29, 0.717) is 29.8 Å². The third-order valence-electron chi connectivity index (χ3n) is 6.34. The molecule has 0 radical (unpaired) electrons. The summed E-state index contributed by atoms with van der Waals surface area (Å²) in [7, 11) is 0. The summed E-state index contributed by atoms with van der Waals surface area (Å²) in [6, 6.07) is 15.5. The molecular formula is C26H30N4O4. The highest BCUT2D eigenvalue weighted by molar-refractivity contribution is 6.04. The number of anilines is 1. The van der Waals surface area contributed by atoms with Crippen molar-refractivity contribution in [2.75, 3.05) is 11.9 Å². The van der Waals surface area contributed by atoms with Crippen LogP contribution in [0, 0.1) is 0 Å². The zero-order valence-electron chi connectivity index (χ0n) is 19.3. The van der Waals surface area contributed by atoms with E-state index in [4.69, 9.17) is 10.6 Å². The van der Waals surface area contributed by atoms with Crippen LogP contribution in [0.5, 0.6) is 0 Å². The van der Waals surface area contributed by atoms with E-state index in [-0.39, 0.29) is 24.8 Å². The Bertz CT molecular complexity index is 1100. The lowest BCUT2D eigenvalue weighted by Gasteiger charge is -2.23. The molecule has 0 aromatic heterocycles. The Morgan fingerprint density at radius 2 is 1.94 bits per heavy atom. The summed E-state index contributed by atoms with van der Waals surface area (Å²) in [4.78, 5) is 44.8. The molecule has 2 atom stereocenters. The molecule has 0 saturated carbocycles. The second-order valence-electron chi connectivity index (χ2n) is 9.00. The van der Waals surface area contributed by atoms with Gasteiger partial charge in [-0.3, -0.25) is 14.4 Å². The summed E-state index contributed by atoms with van der Waals surface area (Å²) in [5.41, 5.74) is 7.56. The van der Waals surface area contributed by atoms with Crippen molar-refractivity contribution in [2.24, 2.45) is 10.9 Å². The normalized spacial score (nSPS) is 21.3. The molecule has 0 aliphatic carbocycles. The average molecular weight is 463 g/mol. The molecule has 2 aromatic carbocycles. The number of rotatable bonds is 8. The van der Waals surface area contributed by atoms with Gasteiger partial charge >= 0.3 is 0 Å². The van der Waals surface area contributed by atoms with Crippen LogP contribution in [0.25, 0.3) is 0 Å². The van der Waals surface area contributed by atoms with Crippen LogP contribution in [0.4, 0.5) is 5.69 Å². The van der Waals surface area contributed by atoms with Crippen molar-refractivity contribution in [1.29, 1.82) is 0 Å². The molecule has 4 rings (SSSR count). The number of nitrogens with one attached hydrogen (secondary N) is 1. The van der Waals surface area contributed by atoms with E-state index in [1.807, 2.05) is 30.3 Å². The minimum atomic E-state index is -0.807. The number of benzene rings is 2. The lowest BCUT2D eigenvalue weighted by atomic mass is 9.91. The number of nitrogens with two attached hydrogens (primary N) is 1. The molecule has 8 nitrogen and oxygen atoms in total. The summed E-state index contributed by atoms with van der Waals surface area (Å²) < 4.78 is 0. The van der Waals surface area contributed by atoms with Crippen LogP contribution in [0.1, 0.15) is 61.4 Å². The third kappa shape index (κ3) is 5.11. The fourth-order valence-electron chi connectivity index (χ4n) is 4.57. The Morgan fingerprint density at radius 1 is 1.15 bits per heavy atom. The van der Waals surface area contributed by atoms with Gasteiger partial charge in [0.05, 0.1) is 12.3 Å². The maximum absolute atomic E-state index is 13.1. The fraction of sp³-hybridized carbons (Fsp3) is 0.385. The summed E-state index contributed by atoms with van der Waals surface area (Å²) in [6.07, 6.45) is 4.16. The molecular weight excluding hydrogens is 432 g/mol. The van der Waals surface area contributed by atoms with E-state index in [2.05, 4.69) is 17.4 Å². The second-order valence-corrected chi connectivity index (χ2v) is 9.00. The quantitative estimate of drug-likeness (QED) is 0.585. The van der Waals surface area contributed by atoms with E-state index in [0.717, 1.165) is 24.8 Å². The van der Waals surface area contributed by atoms with Crippen LogP contribution >= 0.6 is 0 Å². The first-order valence-electron chi connectivity index (χ1n) is 11.7. The van der Waals surface area contributed by atoms with Gasteiger partial charge in [-0.25, -0.2) is 0 Å². The third-order valence-corrected chi connectivity index (χ3v) is 6.34. The van der Waals surface area contributed by atoms with E-state index in [1.165, 1.54) is 4.90 Å². The SMILES string of the molecule is CCCCCC(=O)Nc1cccc(C2=NOC3(C2)C[C@H](C(N)=O)N(C(=O)c2ccccc2)C3)c1. The van der Waals surface area contributed by atoms with Gasteiger partial charge < -0.3 is 20.8 Å². The zero-order chi connectivity index (χ0) is 24.1. The van der Waals surface area contributed by atoms with Crippen molar-refractivity contribution >= 4 is 29.1 Å². The number of likely N-dealkylation sites (tertiary alicyclic amines) is 1. The highest BCUT2D eigenvalue weighted by atomic mass is 16.7. The second kappa shape index (κ2) is 10.1. The molecule has 3 amide bonds. The van der Waals surface area contributed by atoms with E-state index in [9.17, 15) is 14.4 Å². The molecule has 2 aliphatic rings. The number of amides is 3. The van der Waals surface area contributed by atoms with E-state index in [1.54, 1.807) is 24.3 Å². The number of oxime groups is 1. The van der Waals surface area contributed by atoms with Crippen LogP contribution in [-0.2, 0) is 14.4 Å². The van der Waals surface area contributed by atoms with Crippen molar-refractivity contribution in [2.45, 2.75) is 57.1 Å². The van der Waals surface area contributed by atoms with Crippen molar-refractivity contribution in [3.05, 3.63) is 65.7 Å². The summed E-state index contributed by atoms with van der Waals surface area (Å²) in [6.45, 7) is 2.32. The predicted octanol–water partition coefficient (Wildman–Crippen LogP) is 3.47. The first-order chi connectivity index (χ1) is 16.4. The number of hydrogen-bond acceptors (Lipinski definition) is 5. The number of carbonyl (C=O) groups is 3. The lowest BCUT2D eigenvalue weighted by Crippen LogP contribution is -2.44.